The fourth-order valence-corrected chi connectivity index (χ4v) is 6.27. The van der Waals surface area contributed by atoms with Gasteiger partial charge in [0.2, 0.25) is 0 Å². The first kappa shape index (κ1) is 29.3. The van der Waals surface area contributed by atoms with Crippen molar-refractivity contribution < 1.29 is 18.9 Å². The smallest absolute Gasteiger partial charge is 0.142 e. The zero-order valence-electron chi connectivity index (χ0n) is 23.8. The van der Waals surface area contributed by atoms with E-state index >= 15 is 0 Å². The average Bonchev–Trinajstić information content (AvgIpc) is 3.45. The van der Waals surface area contributed by atoms with Crippen molar-refractivity contribution in [2.24, 2.45) is 0 Å². The number of morpholine rings is 1. The lowest BCUT2D eigenvalue weighted by Crippen LogP contribution is -2.35. The minimum atomic E-state index is -0.175. The Kier molecular flexibility index (Phi) is 9.01. The second kappa shape index (κ2) is 13.2. The first-order valence-electron chi connectivity index (χ1n) is 14.2. The SMILES string of the molecule is COc1cccc(-c2cccc3c2CC[C@@H]3Oc2cc(OCc3cncc(C#N)c3)c(CN3CCOCC3)cc2Cl)c1Cl. The fourth-order valence-electron chi connectivity index (χ4n) is 5.73. The number of ether oxygens (including phenoxy) is 4. The third-order valence-electron chi connectivity index (χ3n) is 7.89. The molecule has 0 saturated carbocycles. The Labute approximate surface area is 261 Å². The van der Waals surface area contributed by atoms with E-state index < -0.39 is 0 Å². The van der Waals surface area contributed by atoms with Crippen molar-refractivity contribution in [3.63, 3.8) is 0 Å². The monoisotopic (exact) mass is 615 g/mol. The topological polar surface area (TPSA) is 76.8 Å². The molecule has 0 bridgehead atoms. The summed E-state index contributed by atoms with van der Waals surface area (Å²) < 4.78 is 23.9. The number of nitriles is 1. The molecule has 1 fully saturated rings. The number of nitrogens with zero attached hydrogens (tertiary/aromatic N) is 3. The van der Waals surface area contributed by atoms with Crippen LogP contribution in [0.15, 0.2) is 67.0 Å². The molecule has 0 amide bonds. The zero-order chi connectivity index (χ0) is 29.8. The summed E-state index contributed by atoms with van der Waals surface area (Å²) in [5.41, 5.74) is 6.61. The van der Waals surface area contributed by atoms with Crippen LogP contribution in [0.3, 0.4) is 0 Å². The van der Waals surface area contributed by atoms with E-state index in [1.807, 2.05) is 36.4 Å². The van der Waals surface area contributed by atoms with Gasteiger partial charge in [0.1, 0.15) is 36.0 Å². The van der Waals surface area contributed by atoms with Gasteiger partial charge in [-0.25, -0.2) is 0 Å². The van der Waals surface area contributed by atoms with Crippen molar-refractivity contribution in [2.75, 3.05) is 33.4 Å². The number of rotatable bonds is 9. The van der Waals surface area contributed by atoms with Gasteiger partial charge in [-0.1, -0.05) is 53.5 Å². The highest BCUT2D eigenvalue weighted by atomic mass is 35.5. The molecule has 1 saturated heterocycles. The van der Waals surface area contributed by atoms with Crippen molar-refractivity contribution in [3.05, 3.63) is 105 Å². The summed E-state index contributed by atoms with van der Waals surface area (Å²) in [7, 11) is 1.62. The average molecular weight is 617 g/mol. The molecule has 1 aliphatic carbocycles. The van der Waals surface area contributed by atoms with Crippen LogP contribution in [0.5, 0.6) is 17.2 Å². The van der Waals surface area contributed by atoms with Crippen molar-refractivity contribution in [1.29, 1.82) is 5.26 Å². The number of aromatic nitrogens is 1. The van der Waals surface area contributed by atoms with Crippen LogP contribution in [0.2, 0.25) is 10.0 Å². The van der Waals surface area contributed by atoms with Crippen LogP contribution in [0.1, 0.15) is 40.3 Å². The molecule has 1 aliphatic heterocycles. The van der Waals surface area contributed by atoms with Crippen molar-refractivity contribution in [2.45, 2.75) is 32.1 Å². The molecule has 0 unspecified atom stereocenters. The third-order valence-corrected chi connectivity index (χ3v) is 8.57. The summed E-state index contributed by atoms with van der Waals surface area (Å²) in [6.07, 6.45) is 4.72. The lowest BCUT2D eigenvalue weighted by molar-refractivity contribution is 0.0337. The molecular weight excluding hydrogens is 585 g/mol. The molecule has 220 valence electrons. The Morgan fingerprint density at radius 2 is 1.81 bits per heavy atom. The van der Waals surface area contributed by atoms with E-state index in [1.54, 1.807) is 19.4 Å². The number of hydrogen-bond acceptors (Lipinski definition) is 7. The van der Waals surface area contributed by atoms with Crippen LogP contribution in [0.25, 0.3) is 11.1 Å². The van der Waals surface area contributed by atoms with E-state index in [1.165, 1.54) is 11.8 Å². The quantitative estimate of drug-likeness (QED) is 0.194. The predicted octanol–water partition coefficient (Wildman–Crippen LogP) is 7.41. The maximum atomic E-state index is 9.28. The first-order valence-corrected chi connectivity index (χ1v) is 15.0. The van der Waals surface area contributed by atoms with Gasteiger partial charge in [-0.15, -0.1) is 0 Å². The molecule has 7 nitrogen and oxygen atoms in total. The number of benzene rings is 3. The van der Waals surface area contributed by atoms with Gasteiger partial charge in [0.25, 0.3) is 0 Å². The summed E-state index contributed by atoms with van der Waals surface area (Å²) in [6.45, 7) is 4.00. The number of fused-ring (bicyclic) bond motifs is 1. The highest BCUT2D eigenvalue weighted by Gasteiger charge is 2.28. The Morgan fingerprint density at radius 3 is 2.63 bits per heavy atom. The summed E-state index contributed by atoms with van der Waals surface area (Å²) in [5.74, 6) is 1.89. The molecule has 9 heteroatoms. The molecule has 4 aromatic rings. The molecule has 0 N–H and O–H groups in total. The van der Waals surface area contributed by atoms with Crippen molar-refractivity contribution in [1.82, 2.24) is 9.88 Å². The van der Waals surface area contributed by atoms with Crippen LogP contribution < -0.4 is 14.2 Å². The predicted molar refractivity (Wildman–Crippen MR) is 166 cm³/mol. The van der Waals surface area contributed by atoms with Crippen LogP contribution in [-0.2, 0) is 24.3 Å². The maximum Gasteiger partial charge on any atom is 0.142 e. The Balaban J connectivity index is 1.29. The largest absolute Gasteiger partial charge is 0.495 e. The second-order valence-corrected chi connectivity index (χ2v) is 11.4. The van der Waals surface area contributed by atoms with E-state index in [0.717, 1.165) is 53.7 Å². The third kappa shape index (κ3) is 6.43. The molecule has 1 aromatic heterocycles. The molecule has 1 atom stereocenters. The van der Waals surface area contributed by atoms with Gasteiger partial charge in [-0.05, 0) is 47.7 Å². The molecule has 43 heavy (non-hydrogen) atoms. The number of hydrogen-bond donors (Lipinski definition) is 0. The lowest BCUT2D eigenvalue weighted by Gasteiger charge is -2.28. The Bertz CT molecular complexity index is 1670. The first-order chi connectivity index (χ1) is 21.0. The molecule has 0 spiro atoms. The standard InChI is InChI=1S/C34H31Cl2N3O4/c1-40-31-7-3-6-28(34(31)36)25-4-2-5-27-26(25)8-9-30(27)43-33-16-32(42-21-23-14-22(17-37)18-38-19-23)24(15-29(33)35)20-39-10-12-41-13-11-39/h2-7,14-16,18-19,30H,8-13,20-21H2,1H3/t30-/m0/s1. The molecule has 2 aliphatic rings. The minimum absolute atomic E-state index is 0.175. The van der Waals surface area contributed by atoms with E-state index in [-0.39, 0.29) is 12.7 Å². The van der Waals surface area contributed by atoms with Crippen molar-refractivity contribution in [3.8, 4) is 34.4 Å². The Hall–Kier alpha value is -3.80. The van der Waals surface area contributed by atoms with Crippen LogP contribution in [0, 0.1) is 11.3 Å². The van der Waals surface area contributed by atoms with E-state index in [0.29, 0.717) is 52.6 Å². The summed E-state index contributed by atoms with van der Waals surface area (Å²) >= 11 is 13.6. The van der Waals surface area contributed by atoms with E-state index in [2.05, 4.69) is 28.1 Å². The normalized spacial score (nSPS) is 16.4. The van der Waals surface area contributed by atoms with Crippen LogP contribution >= 0.6 is 23.2 Å². The van der Waals surface area contributed by atoms with E-state index in [9.17, 15) is 5.26 Å². The van der Waals surface area contributed by atoms with Gasteiger partial charge in [-0.2, -0.15) is 5.26 Å². The number of pyridine rings is 1. The summed E-state index contributed by atoms with van der Waals surface area (Å²) in [6, 6.07) is 19.8. The summed E-state index contributed by atoms with van der Waals surface area (Å²) in [5, 5.41) is 10.4. The van der Waals surface area contributed by atoms with Gasteiger partial charge >= 0.3 is 0 Å². The molecular formula is C34H31Cl2N3O4. The van der Waals surface area contributed by atoms with Gasteiger partial charge in [0.15, 0.2) is 0 Å². The maximum absolute atomic E-state index is 9.28. The number of methoxy groups -OCH3 is 1. The van der Waals surface area contributed by atoms with Crippen LogP contribution in [-0.4, -0.2) is 43.3 Å². The van der Waals surface area contributed by atoms with E-state index in [4.69, 9.17) is 42.1 Å². The molecule has 0 radical (unpaired) electrons. The second-order valence-electron chi connectivity index (χ2n) is 10.6. The zero-order valence-corrected chi connectivity index (χ0v) is 25.3. The highest BCUT2D eigenvalue weighted by molar-refractivity contribution is 6.35. The fraction of sp³-hybridized carbons (Fsp3) is 0.294. The van der Waals surface area contributed by atoms with Gasteiger partial charge in [0.05, 0.1) is 35.9 Å². The van der Waals surface area contributed by atoms with Crippen molar-refractivity contribution >= 4 is 23.2 Å². The highest BCUT2D eigenvalue weighted by Crippen LogP contribution is 2.45. The van der Waals surface area contributed by atoms with Gasteiger partial charge < -0.3 is 18.9 Å². The summed E-state index contributed by atoms with van der Waals surface area (Å²) in [4.78, 5) is 6.48. The molecule has 2 heterocycles. The molecule has 3 aromatic carbocycles. The Morgan fingerprint density at radius 1 is 1.00 bits per heavy atom. The lowest BCUT2D eigenvalue weighted by atomic mass is 9.96. The van der Waals surface area contributed by atoms with Gasteiger partial charge in [-0.3, -0.25) is 9.88 Å². The van der Waals surface area contributed by atoms with Gasteiger partial charge in [0, 0.05) is 54.8 Å². The van der Waals surface area contributed by atoms with Crippen LogP contribution in [0.4, 0.5) is 0 Å². The number of halogens is 2. The minimum Gasteiger partial charge on any atom is -0.495 e. The molecule has 6 rings (SSSR count).